The fraction of sp³-hybridized carbons (Fsp3) is 0.444. The van der Waals surface area contributed by atoms with Crippen LogP contribution in [0.25, 0.3) is 5.57 Å². The van der Waals surface area contributed by atoms with Crippen molar-refractivity contribution in [1.29, 1.82) is 0 Å². The van der Waals surface area contributed by atoms with E-state index in [4.69, 9.17) is 0 Å². The van der Waals surface area contributed by atoms with Gasteiger partial charge in [-0.3, -0.25) is 0 Å². The number of allylic oxidation sites excluding steroid dienone is 1. The van der Waals surface area contributed by atoms with Gasteiger partial charge >= 0.3 is 11.9 Å². The third-order valence-electron chi connectivity index (χ3n) is 3.84. The maximum Gasteiger partial charge on any atom is 0.343 e. The van der Waals surface area contributed by atoms with Crippen LogP contribution >= 0.6 is 0 Å². The first-order valence-electron chi connectivity index (χ1n) is 7.64. The van der Waals surface area contributed by atoms with Crippen LogP contribution in [0.15, 0.2) is 17.7 Å². The van der Waals surface area contributed by atoms with E-state index < -0.39 is 17.5 Å². The van der Waals surface area contributed by atoms with Crippen molar-refractivity contribution in [3.05, 3.63) is 40.0 Å². The predicted molar refractivity (Wildman–Crippen MR) is 87.0 cm³/mol. The van der Waals surface area contributed by atoms with Gasteiger partial charge in [-0.2, -0.15) is 0 Å². The first-order chi connectivity index (χ1) is 10.3. The molecule has 0 aliphatic heterocycles. The van der Waals surface area contributed by atoms with Crippen LogP contribution in [-0.2, 0) is 16.0 Å². The van der Waals surface area contributed by atoms with Crippen LogP contribution in [-0.4, -0.2) is 22.2 Å². The van der Waals surface area contributed by atoms with E-state index in [2.05, 4.69) is 6.92 Å². The summed E-state index contributed by atoms with van der Waals surface area (Å²) in [5.41, 5.74) is 3.75. The molecule has 1 aromatic carbocycles. The van der Waals surface area contributed by atoms with Gasteiger partial charge in [0, 0.05) is 0 Å². The Labute approximate surface area is 131 Å². The number of benzene rings is 1. The molecule has 0 aliphatic rings. The highest BCUT2D eigenvalue weighted by Gasteiger charge is 2.24. The van der Waals surface area contributed by atoms with E-state index in [1.807, 2.05) is 32.9 Å². The number of hydrogen-bond acceptors (Lipinski definition) is 2. The number of hydrogen-bond donors (Lipinski definition) is 2. The molecular formula is C18H24O4. The zero-order valence-corrected chi connectivity index (χ0v) is 13.7. The molecule has 0 atom stereocenters. The van der Waals surface area contributed by atoms with Gasteiger partial charge in [0.1, 0.15) is 5.57 Å². The highest BCUT2D eigenvalue weighted by Crippen LogP contribution is 2.32. The molecule has 0 unspecified atom stereocenters. The molecule has 1 aromatic rings. The number of carbonyl (C=O) groups is 2. The summed E-state index contributed by atoms with van der Waals surface area (Å²) < 4.78 is 0. The Morgan fingerprint density at radius 3 is 2.05 bits per heavy atom. The fourth-order valence-corrected chi connectivity index (χ4v) is 2.87. The van der Waals surface area contributed by atoms with Gasteiger partial charge in [0.25, 0.3) is 0 Å². The third kappa shape index (κ3) is 3.75. The smallest absolute Gasteiger partial charge is 0.343 e. The number of carboxylic acids is 2. The zero-order valence-electron chi connectivity index (χ0n) is 13.7. The Hall–Kier alpha value is -2.10. The lowest BCUT2D eigenvalue weighted by Crippen LogP contribution is -2.15. The predicted octanol–water partition coefficient (Wildman–Crippen LogP) is 3.98. The highest BCUT2D eigenvalue weighted by molar-refractivity contribution is 6.19. The van der Waals surface area contributed by atoms with Crippen LogP contribution in [0.3, 0.4) is 0 Å². The van der Waals surface area contributed by atoms with E-state index in [-0.39, 0.29) is 0 Å². The lowest BCUT2D eigenvalue weighted by molar-refractivity contribution is -0.140. The largest absolute Gasteiger partial charge is 0.477 e. The third-order valence-corrected chi connectivity index (χ3v) is 3.84. The zero-order chi connectivity index (χ0) is 16.9. The second-order valence-electron chi connectivity index (χ2n) is 5.51. The molecule has 0 spiro atoms. The SMILES string of the molecule is CCCC(=C(C(=O)O)C(=O)O)c1c(C)ccc(CCC)c1C. The van der Waals surface area contributed by atoms with E-state index in [0.717, 1.165) is 35.1 Å². The summed E-state index contributed by atoms with van der Waals surface area (Å²) in [7, 11) is 0. The standard InChI is InChI=1S/C18H24O4/c1-5-7-13-10-9-11(3)15(12(13)4)14(8-6-2)16(17(19)20)18(21)22/h9-10H,5-8H2,1-4H3,(H,19,20)(H,21,22). The molecule has 0 aromatic heterocycles. The van der Waals surface area contributed by atoms with Gasteiger partial charge in [-0.05, 0) is 54.5 Å². The van der Waals surface area contributed by atoms with E-state index >= 15 is 0 Å². The van der Waals surface area contributed by atoms with E-state index in [9.17, 15) is 19.8 Å². The summed E-state index contributed by atoms with van der Waals surface area (Å²) >= 11 is 0. The lowest BCUT2D eigenvalue weighted by Gasteiger charge is -2.18. The van der Waals surface area contributed by atoms with Gasteiger partial charge in [0.2, 0.25) is 0 Å². The van der Waals surface area contributed by atoms with Crippen molar-refractivity contribution in [3.63, 3.8) is 0 Å². The van der Waals surface area contributed by atoms with Gasteiger partial charge in [0.05, 0.1) is 0 Å². The highest BCUT2D eigenvalue weighted by atomic mass is 16.4. The van der Waals surface area contributed by atoms with Crippen LogP contribution in [0.2, 0.25) is 0 Å². The number of aryl methyl sites for hydroxylation is 2. The molecule has 0 amide bonds. The summed E-state index contributed by atoms with van der Waals surface area (Å²) in [4.78, 5) is 22.9. The normalized spacial score (nSPS) is 10.4. The van der Waals surface area contributed by atoms with Crippen molar-refractivity contribution < 1.29 is 19.8 Å². The Bertz CT molecular complexity index is 596. The molecule has 120 valence electrons. The molecule has 1 rings (SSSR count). The van der Waals surface area contributed by atoms with Crippen molar-refractivity contribution in [2.45, 2.75) is 53.4 Å². The Morgan fingerprint density at radius 1 is 1.00 bits per heavy atom. The second kappa shape index (κ2) is 7.78. The molecule has 0 aliphatic carbocycles. The fourth-order valence-electron chi connectivity index (χ4n) is 2.87. The first-order valence-corrected chi connectivity index (χ1v) is 7.64. The minimum absolute atomic E-state index is 0.426. The number of carboxylic acid groups (broad SMARTS) is 2. The van der Waals surface area contributed by atoms with Crippen LogP contribution < -0.4 is 0 Å². The minimum Gasteiger partial charge on any atom is -0.477 e. The summed E-state index contributed by atoms with van der Waals surface area (Å²) in [6.45, 7) is 7.85. The lowest BCUT2D eigenvalue weighted by atomic mass is 9.86. The number of aliphatic carboxylic acids is 2. The van der Waals surface area contributed by atoms with E-state index in [1.165, 1.54) is 0 Å². The average Bonchev–Trinajstić information content (AvgIpc) is 2.41. The molecule has 0 saturated carbocycles. The van der Waals surface area contributed by atoms with Crippen LogP contribution in [0.1, 0.15) is 55.4 Å². The summed E-state index contributed by atoms with van der Waals surface area (Å²) in [5, 5.41) is 18.6. The molecule has 0 saturated heterocycles. The molecule has 0 fully saturated rings. The summed E-state index contributed by atoms with van der Waals surface area (Å²) in [6, 6.07) is 3.99. The van der Waals surface area contributed by atoms with Gasteiger partial charge in [-0.25, -0.2) is 9.59 Å². The molecule has 0 radical (unpaired) electrons. The monoisotopic (exact) mass is 304 g/mol. The molecule has 22 heavy (non-hydrogen) atoms. The summed E-state index contributed by atoms with van der Waals surface area (Å²) in [5.74, 6) is -2.76. The van der Waals surface area contributed by atoms with Crippen molar-refractivity contribution in [2.24, 2.45) is 0 Å². The van der Waals surface area contributed by atoms with Crippen molar-refractivity contribution in [1.82, 2.24) is 0 Å². The van der Waals surface area contributed by atoms with Crippen molar-refractivity contribution in [2.75, 3.05) is 0 Å². The quantitative estimate of drug-likeness (QED) is 0.454. The topological polar surface area (TPSA) is 74.6 Å². The number of rotatable bonds is 7. The average molecular weight is 304 g/mol. The molecular weight excluding hydrogens is 280 g/mol. The molecule has 0 heterocycles. The molecule has 4 heteroatoms. The summed E-state index contributed by atoms with van der Waals surface area (Å²) in [6.07, 6.45) is 3.01. The van der Waals surface area contributed by atoms with Gasteiger partial charge in [-0.1, -0.05) is 38.8 Å². The van der Waals surface area contributed by atoms with Gasteiger partial charge < -0.3 is 10.2 Å². The Kier molecular flexibility index (Phi) is 6.35. The van der Waals surface area contributed by atoms with Crippen molar-refractivity contribution in [3.8, 4) is 0 Å². The van der Waals surface area contributed by atoms with Crippen molar-refractivity contribution >= 4 is 17.5 Å². The van der Waals surface area contributed by atoms with E-state index in [0.29, 0.717) is 18.4 Å². The van der Waals surface area contributed by atoms with Gasteiger partial charge in [-0.15, -0.1) is 0 Å². The maximum atomic E-state index is 11.4. The van der Waals surface area contributed by atoms with E-state index in [1.54, 1.807) is 0 Å². The van der Waals surface area contributed by atoms with Gasteiger partial charge in [0.15, 0.2) is 0 Å². The first kappa shape index (κ1) is 18.0. The van der Waals surface area contributed by atoms with Crippen LogP contribution in [0.4, 0.5) is 0 Å². The second-order valence-corrected chi connectivity index (χ2v) is 5.51. The molecule has 0 bridgehead atoms. The molecule has 4 nitrogen and oxygen atoms in total. The van der Waals surface area contributed by atoms with Crippen LogP contribution in [0, 0.1) is 13.8 Å². The maximum absolute atomic E-state index is 11.4. The Balaban J connectivity index is 3.71. The van der Waals surface area contributed by atoms with Crippen LogP contribution in [0.5, 0.6) is 0 Å². The molecule has 2 N–H and O–H groups in total. The Morgan fingerprint density at radius 2 is 1.59 bits per heavy atom. The minimum atomic E-state index is -1.38.